The Hall–Kier alpha value is -2.40. The van der Waals surface area contributed by atoms with Crippen LogP contribution >= 0.6 is 0 Å². The number of rotatable bonds is 5. The molecule has 1 aliphatic rings. The van der Waals surface area contributed by atoms with Gasteiger partial charge >= 0.3 is 0 Å². The van der Waals surface area contributed by atoms with Crippen molar-refractivity contribution in [2.45, 2.75) is 6.42 Å². The van der Waals surface area contributed by atoms with E-state index in [1.54, 1.807) is 12.1 Å². The zero-order valence-electron chi connectivity index (χ0n) is 13.5. The maximum Gasteiger partial charge on any atom is 0.254 e. The maximum atomic E-state index is 13.1. The minimum absolute atomic E-state index is 0.0343. The van der Waals surface area contributed by atoms with E-state index in [1.165, 1.54) is 12.1 Å². The average Bonchev–Trinajstić information content (AvgIpc) is 2.62. The van der Waals surface area contributed by atoms with Gasteiger partial charge in [-0.1, -0.05) is 18.2 Å². The lowest BCUT2D eigenvalue weighted by molar-refractivity contribution is 0.0735. The normalized spacial score (nSPS) is 14.5. The molecule has 0 atom stereocenters. The van der Waals surface area contributed by atoms with Crippen molar-refractivity contribution in [3.8, 4) is 5.75 Å². The first-order chi connectivity index (χ1) is 11.7. The van der Waals surface area contributed by atoms with Crippen molar-refractivity contribution in [3.63, 3.8) is 0 Å². The molecule has 1 amide bonds. The van der Waals surface area contributed by atoms with Crippen molar-refractivity contribution in [2.75, 3.05) is 32.8 Å². The fourth-order valence-corrected chi connectivity index (χ4v) is 2.75. The van der Waals surface area contributed by atoms with Gasteiger partial charge in [-0.05, 0) is 35.9 Å². The largest absolute Gasteiger partial charge is 0.493 e. The van der Waals surface area contributed by atoms with Crippen molar-refractivity contribution in [1.29, 1.82) is 0 Å². The van der Waals surface area contributed by atoms with Gasteiger partial charge in [-0.15, -0.1) is 0 Å². The van der Waals surface area contributed by atoms with Crippen LogP contribution < -0.4 is 10.1 Å². The number of piperazine rings is 1. The summed E-state index contributed by atoms with van der Waals surface area (Å²) in [5, 5.41) is 3.23. The number of hydrogen-bond donors (Lipinski definition) is 1. The van der Waals surface area contributed by atoms with E-state index in [2.05, 4.69) is 5.32 Å². The first-order valence-electron chi connectivity index (χ1n) is 8.20. The Kier molecular flexibility index (Phi) is 5.43. The number of nitrogens with one attached hydrogen (secondary N) is 1. The van der Waals surface area contributed by atoms with Gasteiger partial charge in [0.1, 0.15) is 11.6 Å². The van der Waals surface area contributed by atoms with Crippen LogP contribution in [0, 0.1) is 5.82 Å². The van der Waals surface area contributed by atoms with Crippen molar-refractivity contribution in [1.82, 2.24) is 10.2 Å². The second-order valence-corrected chi connectivity index (χ2v) is 5.80. The predicted octanol–water partition coefficient (Wildman–Crippen LogP) is 2.49. The molecule has 5 heteroatoms. The van der Waals surface area contributed by atoms with E-state index in [4.69, 9.17) is 4.74 Å². The summed E-state index contributed by atoms with van der Waals surface area (Å²) >= 11 is 0. The molecule has 0 saturated carbocycles. The molecule has 24 heavy (non-hydrogen) atoms. The Bertz CT molecular complexity index is 699. The van der Waals surface area contributed by atoms with Crippen LogP contribution in [0.3, 0.4) is 0 Å². The molecule has 0 aromatic heterocycles. The first kappa shape index (κ1) is 16.5. The van der Waals surface area contributed by atoms with Crippen molar-refractivity contribution in [2.24, 2.45) is 0 Å². The third-order valence-electron chi connectivity index (χ3n) is 4.03. The highest BCUT2D eigenvalue weighted by molar-refractivity contribution is 5.94. The van der Waals surface area contributed by atoms with E-state index >= 15 is 0 Å². The fourth-order valence-electron chi connectivity index (χ4n) is 2.75. The number of ether oxygens (including phenoxy) is 1. The molecular weight excluding hydrogens is 307 g/mol. The zero-order valence-corrected chi connectivity index (χ0v) is 13.5. The summed E-state index contributed by atoms with van der Waals surface area (Å²) in [4.78, 5) is 14.3. The van der Waals surface area contributed by atoms with Gasteiger partial charge < -0.3 is 15.0 Å². The second kappa shape index (κ2) is 7.93. The first-order valence-corrected chi connectivity index (χ1v) is 8.20. The van der Waals surface area contributed by atoms with E-state index in [9.17, 15) is 9.18 Å². The van der Waals surface area contributed by atoms with Crippen LogP contribution in [-0.2, 0) is 6.42 Å². The monoisotopic (exact) mass is 328 g/mol. The molecule has 1 N–H and O–H groups in total. The Morgan fingerprint density at radius 2 is 1.92 bits per heavy atom. The van der Waals surface area contributed by atoms with Crippen molar-refractivity contribution < 1.29 is 13.9 Å². The van der Waals surface area contributed by atoms with Crippen LogP contribution in [-0.4, -0.2) is 43.6 Å². The third-order valence-corrected chi connectivity index (χ3v) is 4.03. The van der Waals surface area contributed by atoms with Crippen molar-refractivity contribution >= 4 is 5.91 Å². The summed E-state index contributed by atoms with van der Waals surface area (Å²) in [6.45, 7) is 3.55. The number of halogens is 1. The smallest absolute Gasteiger partial charge is 0.254 e. The highest BCUT2D eigenvalue weighted by atomic mass is 19.1. The molecule has 0 unspecified atom stereocenters. The molecule has 0 aliphatic carbocycles. The van der Waals surface area contributed by atoms with Crippen LogP contribution in [0.1, 0.15) is 15.9 Å². The Labute approximate surface area is 141 Å². The van der Waals surface area contributed by atoms with Gasteiger partial charge in [0, 0.05) is 38.2 Å². The van der Waals surface area contributed by atoms with Crippen LogP contribution in [0.5, 0.6) is 5.75 Å². The lowest BCUT2D eigenvalue weighted by atomic mass is 10.1. The predicted molar refractivity (Wildman–Crippen MR) is 90.8 cm³/mol. The molecule has 2 aromatic carbocycles. The third kappa shape index (κ3) is 4.32. The number of nitrogens with zero attached hydrogens (tertiary/aromatic N) is 1. The molecule has 2 aromatic rings. The number of carbonyl (C=O) groups is 1. The van der Waals surface area contributed by atoms with E-state index in [-0.39, 0.29) is 11.7 Å². The summed E-state index contributed by atoms with van der Waals surface area (Å²) < 4.78 is 18.9. The van der Waals surface area contributed by atoms with Gasteiger partial charge in [0.2, 0.25) is 0 Å². The molecule has 3 rings (SSSR count). The van der Waals surface area contributed by atoms with E-state index in [1.807, 2.05) is 29.2 Å². The van der Waals surface area contributed by atoms with Crippen LogP contribution in [0.2, 0.25) is 0 Å². The molecule has 126 valence electrons. The quantitative estimate of drug-likeness (QED) is 0.917. The Morgan fingerprint density at radius 1 is 1.12 bits per heavy atom. The fraction of sp³-hybridized carbons (Fsp3) is 0.316. The lowest BCUT2D eigenvalue weighted by Crippen LogP contribution is -2.46. The van der Waals surface area contributed by atoms with Gasteiger partial charge in [-0.2, -0.15) is 0 Å². The van der Waals surface area contributed by atoms with E-state index < -0.39 is 0 Å². The minimum Gasteiger partial charge on any atom is -0.493 e. The summed E-state index contributed by atoms with van der Waals surface area (Å²) in [6, 6.07) is 13.7. The Balaban J connectivity index is 1.57. The van der Waals surface area contributed by atoms with Gasteiger partial charge in [-0.3, -0.25) is 4.79 Å². The number of amides is 1. The molecular formula is C19H21FN2O2. The summed E-state index contributed by atoms with van der Waals surface area (Å²) in [5.41, 5.74) is 1.53. The SMILES string of the molecule is O=C(c1cccc(OCCc2cccc(F)c2)c1)N1CCNCC1. The summed E-state index contributed by atoms with van der Waals surface area (Å²) in [5.74, 6) is 0.454. The lowest BCUT2D eigenvalue weighted by Gasteiger charge is -2.27. The van der Waals surface area contributed by atoms with Gasteiger partial charge in [0.15, 0.2) is 0 Å². The molecule has 1 saturated heterocycles. The van der Waals surface area contributed by atoms with Crippen LogP contribution in [0.15, 0.2) is 48.5 Å². The Morgan fingerprint density at radius 3 is 2.71 bits per heavy atom. The van der Waals surface area contributed by atoms with Crippen LogP contribution in [0.4, 0.5) is 4.39 Å². The molecule has 0 bridgehead atoms. The number of hydrogen-bond acceptors (Lipinski definition) is 3. The van der Waals surface area contributed by atoms with Gasteiger partial charge in [0.05, 0.1) is 6.61 Å². The topological polar surface area (TPSA) is 41.6 Å². The van der Waals surface area contributed by atoms with E-state index in [0.717, 1.165) is 31.7 Å². The summed E-state index contributed by atoms with van der Waals surface area (Å²) in [7, 11) is 0. The number of carbonyl (C=O) groups excluding carboxylic acids is 1. The second-order valence-electron chi connectivity index (χ2n) is 5.80. The van der Waals surface area contributed by atoms with Crippen molar-refractivity contribution in [3.05, 3.63) is 65.5 Å². The molecule has 1 fully saturated rings. The highest BCUT2D eigenvalue weighted by Crippen LogP contribution is 2.16. The molecule has 0 radical (unpaired) electrons. The van der Waals surface area contributed by atoms with Gasteiger partial charge in [0.25, 0.3) is 5.91 Å². The molecule has 1 aliphatic heterocycles. The molecule has 0 spiro atoms. The zero-order chi connectivity index (χ0) is 16.8. The molecule has 4 nitrogen and oxygen atoms in total. The average molecular weight is 328 g/mol. The highest BCUT2D eigenvalue weighted by Gasteiger charge is 2.18. The van der Waals surface area contributed by atoms with Crippen LogP contribution in [0.25, 0.3) is 0 Å². The maximum absolute atomic E-state index is 13.1. The minimum atomic E-state index is -0.240. The van der Waals surface area contributed by atoms with E-state index in [0.29, 0.717) is 24.3 Å². The summed E-state index contributed by atoms with van der Waals surface area (Å²) in [6.07, 6.45) is 0.619. The standard InChI is InChI=1S/C19H21FN2O2/c20-17-5-1-3-15(13-17)7-12-24-18-6-2-4-16(14-18)19(23)22-10-8-21-9-11-22/h1-6,13-14,21H,7-12H2. The number of benzene rings is 2. The van der Waals surface area contributed by atoms with Gasteiger partial charge in [-0.25, -0.2) is 4.39 Å². The molecule has 1 heterocycles.